The minimum atomic E-state index is -0.277. The van der Waals surface area contributed by atoms with Crippen LogP contribution in [0, 0.1) is 11.7 Å². The van der Waals surface area contributed by atoms with Crippen molar-refractivity contribution in [3.8, 4) is 5.75 Å². The summed E-state index contributed by atoms with van der Waals surface area (Å²) in [5, 5.41) is 0. The summed E-state index contributed by atoms with van der Waals surface area (Å²) in [7, 11) is 1.57. The van der Waals surface area contributed by atoms with Gasteiger partial charge in [-0.1, -0.05) is 20.3 Å². The molecule has 1 atom stereocenters. The van der Waals surface area contributed by atoms with Crippen molar-refractivity contribution < 1.29 is 18.6 Å². The zero-order valence-electron chi connectivity index (χ0n) is 12.7. The molecule has 0 saturated heterocycles. The maximum atomic E-state index is 13.2. The highest BCUT2D eigenvalue weighted by molar-refractivity contribution is 5.33. The van der Waals surface area contributed by atoms with Gasteiger partial charge in [0.05, 0.1) is 26.9 Å². The summed E-state index contributed by atoms with van der Waals surface area (Å²) in [6, 6.07) is 4.44. The number of unbranched alkanes of at least 4 members (excludes halogenated alkanes) is 1. The van der Waals surface area contributed by atoms with E-state index in [2.05, 4.69) is 13.8 Å². The first kappa shape index (κ1) is 16.9. The molecule has 1 rings (SSSR count). The van der Waals surface area contributed by atoms with Gasteiger partial charge >= 0.3 is 0 Å². The van der Waals surface area contributed by atoms with Crippen molar-refractivity contribution in [3.05, 3.63) is 29.6 Å². The maximum Gasteiger partial charge on any atom is 0.124 e. The van der Waals surface area contributed by atoms with Crippen LogP contribution in [0.4, 0.5) is 4.39 Å². The van der Waals surface area contributed by atoms with Crippen LogP contribution in [0.15, 0.2) is 18.2 Å². The summed E-state index contributed by atoms with van der Waals surface area (Å²) >= 11 is 0. The Morgan fingerprint density at radius 1 is 1.20 bits per heavy atom. The van der Waals surface area contributed by atoms with Crippen LogP contribution in [0.2, 0.25) is 0 Å². The van der Waals surface area contributed by atoms with Gasteiger partial charge in [-0.05, 0) is 24.6 Å². The van der Waals surface area contributed by atoms with Crippen molar-refractivity contribution >= 4 is 0 Å². The van der Waals surface area contributed by atoms with Crippen LogP contribution in [0.5, 0.6) is 5.75 Å². The minimum absolute atomic E-state index is 0.277. The molecule has 1 aromatic carbocycles. The first-order valence-corrected chi connectivity index (χ1v) is 7.15. The van der Waals surface area contributed by atoms with Crippen LogP contribution in [0.1, 0.15) is 32.3 Å². The lowest BCUT2D eigenvalue weighted by Crippen LogP contribution is -2.13. The van der Waals surface area contributed by atoms with Crippen LogP contribution >= 0.6 is 0 Å². The first-order valence-electron chi connectivity index (χ1n) is 7.15. The van der Waals surface area contributed by atoms with E-state index < -0.39 is 0 Å². The molecule has 0 aliphatic rings. The van der Waals surface area contributed by atoms with E-state index in [1.54, 1.807) is 13.2 Å². The number of hydrogen-bond donors (Lipinski definition) is 0. The van der Waals surface area contributed by atoms with E-state index in [9.17, 15) is 4.39 Å². The Morgan fingerprint density at radius 3 is 2.65 bits per heavy atom. The molecular weight excluding hydrogens is 259 g/mol. The monoisotopic (exact) mass is 284 g/mol. The first-order chi connectivity index (χ1) is 9.67. The summed E-state index contributed by atoms with van der Waals surface area (Å²) in [5.74, 6) is 0.699. The predicted octanol–water partition coefficient (Wildman–Crippen LogP) is 3.80. The topological polar surface area (TPSA) is 27.7 Å². The highest BCUT2D eigenvalue weighted by Crippen LogP contribution is 2.20. The molecule has 0 amide bonds. The SMILES string of the molecule is CCCCOCC(C)COCc1cc(F)ccc1OC. The normalized spacial score (nSPS) is 12.4. The Balaban J connectivity index is 2.28. The minimum Gasteiger partial charge on any atom is -0.496 e. The van der Waals surface area contributed by atoms with Gasteiger partial charge in [-0.25, -0.2) is 4.39 Å². The van der Waals surface area contributed by atoms with E-state index >= 15 is 0 Å². The molecular formula is C16H25FO3. The molecule has 0 aliphatic carbocycles. The highest BCUT2D eigenvalue weighted by Gasteiger charge is 2.07. The third-order valence-electron chi connectivity index (χ3n) is 2.95. The summed E-state index contributed by atoms with van der Waals surface area (Å²) in [5.41, 5.74) is 0.728. The second kappa shape index (κ2) is 9.72. The zero-order chi connectivity index (χ0) is 14.8. The maximum absolute atomic E-state index is 13.2. The molecule has 1 aromatic rings. The lowest BCUT2D eigenvalue weighted by molar-refractivity contribution is 0.0380. The quantitative estimate of drug-likeness (QED) is 0.612. The predicted molar refractivity (Wildman–Crippen MR) is 77.5 cm³/mol. The van der Waals surface area contributed by atoms with E-state index in [4.69, 9.17) is 14.2 Å². The number of hydrogen-bond acceptors (Lipinski definition) is 3. The van der Waals surface area contributed by atoms with Crippen LogP contribution in [-0.4, -0.2) is 26.9 Å². The molecule has 0 radical (unpaired) electrons. The number of methoxy groups -OCH3 is 1. The lowest BCUT2D eigenvalue weighted by atomic mass is 10.2. The summed E-state index contributed by atoms with van der Waals surface area (Å²) in [4.78, 5) is 0. The van der Waals surface area contributed by atoms with E-state index in [1.807, 2.05) is 0 Å². The smallest absolute Gasteiger partial charge is 0.124 e. The second-order valence-corrected chi connectivity index (χ2v) is 5.00. The van der Waals surface area contributed by atoms with Crippen LogP contribution in [0.25, 0.3) is 0 Å². The molecule has 3 nitrogen and oxygen atoms in total. The number of ether oxygens (including phenoxy) is 3. The Morgan fingerprint density at radius 2 is 1.95 bits per heavy atom. The van der Waals surface area contributed by atoms with Crippen molar-refractivity contribution in [2.24, 2.45) is 5.92 Å². The van der Waals surface area contributed by atoms with Crippen LogP contribution < -0.4 is 4.74 Å². The molecule has 0 spiro atoms. The Hall–Kier alpha value is -1.13. The Labute approximate surface area is 121 Å². The number of halogens is 1. The fourth-order valence-corrected chi connectivity index (χ4v) is 1.81. The molecule has 114 valence electrons. The van der Waals surface area contributed by atoms with E-state index in [0.717, 1.165) is 25.0 Å². The molecule has 0 heterocycles. The summed E-state index contributed by atoms with van der Waals surface area (Å²) in [6.45, 7) is 6.65. The lowest BCUT2D eigenvalue weighted by Gasteiger charge is -2.14. The van der Waals surface area contributed by atoms with Gasteiger partial charge in [0.25, 0.3) is 0 Å². The van der Waals surface area contributed by atoms with Crippen molar-refractivity contribution in [2.75, 3.05) is 26.9 Å². The van der Waals surface area contributed by atoms with Gasteiger partial charge in [0, 0.05) is 18.1 Å². The zero-order valence-corrected chi connectivity index (χ0v) is 12.7. The average Bonchev–Trinajstić information content (AvgIpc) is 2.44. The van der Waals surface area contributed by atoms with Crippen molar-refractivity contribution in [2.45, 2.75) is 33.3 Å². The van der Waals surface area contributed by atoms with E-state index in [-0.39, 0.29) is 5.82 Å². The van der Waals surface area contributed by atoms with Gasteiger partial charge in [-0.15, -0.1) is 0 Å². The third-order valence-corrected chi connectivity index (χ3v) is 2.95. The molecule has 1 unspecified atom stereocenters. The summed E-state index contributed by atoms with van der Waals surface area (Å²) < 4.78 is 29.5. The Bertz CT molecular complexity index is 382. The Kier molecular flexibility index (Phi) is 8.23. The van der Waals surface area contributed by atoms with Gasteiger partial charge < -0.3 is 14.2 Å². The molecule has 0 aliphatic heterocycles. The van der Waals surface area contributed by atoms with Crippen LogP contribution in [-0.2, 0) is 16.1 Å². The van der Waals surface area contributed by atoms with Gasteiger partial charge in [-0.2, -0.15) is 0 Å². The molecule has 0 fully saturated rings. The van der Waals surface area contributed by atoms with E-state index in [0.29, 0.717) is 31.5 Å². The van der Waals surface area contributed by atoms with Gasteiger partial charge in [0.1, 0.15) is 11.6 Å². The third kappa shape index (κ3) is 6.35. The largest absolute Gasteiger partial charge is 0.496 e. The molecule has 20 heavy (non-hydrogen) atoms. The standard InChI is InChI=1S/C16H25FO3/c1-4-5-8-19-10-13(2)11-20-12-14-9-15(17)6-7-16(14)18-3/h6-7,9,13H,4-5,8,10-12H2,1-3H3. The van der Waals surface area contributed by atoms with Crippen molar-refractivity contribution in [1.82, 2.24) is 0 Å². The van der Waals surface area contributed by atoms with Crippen LogP contribution in [0.3, 0.4) is 0 Å². The highest BCUT2D eigenvalue weighted by atomic mass is 19.1. The van der Waals surface area contributed by atoms with E-state index in [1.165, 1.54) is 12.1 Å². The number of benzene rings is 1. The van der Waals surface area contributed by atoms with Crippen molar-refractivity contribution in [3.63, 3.8) is 0 Å². The summed E-state index contributed by atoms with van der Waals surface area (Å²) in [6.07, 6.45) is 2.23. The average molecular weight is 284 g/mol. The molecule has 0 saturated carbocycles. The molecule has 0 aromatic heterocycles. The number of rotatable bonds is 10. The molecule has 0 bridgehead atoms. The molecule has 0 N–H and O–H groups in total. The van der Waals surface area contributed by atoms with Gasteiger partial charge in [0.2, 0.25) is 0 Å². The van der Waals surface area contributed by atoms with Crippen molar-refractivity contribution in [1.29, 1.82) is 0 Å². The molecule has 4 heteroatoms. The van der Waals surface area contributed by atoms with Gasteiger partial charge in [0.15, 0.2) is 0 Å². The second-order valence-electron chi connectivity index (χ2n) is 5.00. The fourth-order valence-electron chi connectivity index (χ4n) is 1.81. The fraction of sp³-hybridized carbons (Fsp3) is 0.625. The van der Waals surface area contributed by atoms with Gasteiger partial charge in [-0.3, -0.25) is 0 Å².